The van der Waals surface area contributed by atoms with Gasteiger partial charge in [0.15, 0.2) is 0 Å². The van der Waals surface area contributed by atoms with Crippen molar-refractivity contribution in [1.82, 2.24) is 9.13 Å². The first kappa shape index (κ1) is 30.0. The number of rotatable bonds is 2. The molecule has 0 atom stereocenters. The standard InChI is InChI=1S/C50H38N4/c1-51-41-11-7-5-9-33(41)39-25-29(15-21-43(39)51)31-13-17-35-37-19-20-38-36-18-14-32(30-16-22-44-40(26-30)34-10-6-8-12-42(34)52(44)2)28-48(36)54(4)46-24-23-45(49(37)50(38)46)53(3)47(35)27-31/h5-13,15-17,19-28H,14,18H2,1-4H3. The Labute approximate surface area is 314 Å². The van der Waals surface area contributed by atoms with Gasteiger partial charge >= 0.3 is 0 Å². The zero-order valence-electron chi connectivity index (χ0n) is 30.9. The number of para-hydroxylation sites is 2. The van der Waals surface area contributed by atoms with Crippen LogP contribution in [0.25, 0.3) is 87.8 Å². The lowest BCUT2D eigenvalue weighted by Gasteiger charge is -2.38. The van der Waals surface area contributed by atoms with Crippen LogP contribution in [0.4, 0.5) is 17.1 Å². The maximum atomic E-state index is 2.46. The van der Waals surface area contributed by atoms with Crippen LogP contribution < -0.4 is 9.80 Å². The highest BCUT2D eigenvalue weighted by atomic mass is 15.1. The number of likely N-dealkylation sites (N-methyl/N-ethyl adjacent to an activating group) is 1. The van der Waals surface area contributed by atoms with Crippen molar-refractivity contribution < 1.29 is 0 Å². The van der Waals surface area contributed by atoms with E-state index >= 15 is 0 Å². The predicted octanol–water partition coefficient (Wildman–Crippen LogP) is 12.6. The third-order valence-electron chi connectivity index (χ3n) is 13.0. The lowest BCUT2D eigenvalue weighted by Crippen LogP contribution is -2.24. The van der Waals surface area contributed by atoms with E-state index in [1.807, 2.05) is 0 Å². The molecule has 0 amide bonds. The van der Waals surface area contributed by atoms with Gasteiger partial charge in [0, 0.05) is 111 Å². The first-order valence-corrected chi connectivity index (χ1v) is 19.1. The molecule has 3 aliphatic rings. The summed E-state index contributed by atoms with van der Waals surface area (Å²) < 4.78 is 4.62. The Morgan fingerprint density at radius 3 is 1.67 bits per heavy atom. The lowest BCUT2D eigenvalue weighted by molar-refractivity contribution is 1.01. The number of aromatic nitrogens is 2. The van der Waals surface area contributed by atoms with Gasteiger partial charge < -0.3 is 18.9 Å². The van der Waals surface area contributed by atoms with Gasteiger partial charge in [-0.2, -0.15) is 0 Å². The van der Waals surface area contributed by atoms with E-state index in [0.717, 1.165) is 12.8 Å². The summed E-state index contributed by atoms with van der Waals surface area (Å²) in [6, 6.07) is 48.0. The fraction of sp³-hybridized carbons (Fsp3) is 0.120. The molecule has 0 unspecified atom stereocenters. The van der Waals surface area contributed by atoms with Crippen molar-refractivity contribution in [1.29, 1.82) is 0 Å². The zero-order chi connectivity index (χ0) is 36.0. The average molecular weight is 695 g/mol. The summed E-state index contributed by atoms with van der Waals surface area (Å²) in [5.41, 5.74) is 20.9. The van der Waals surface area contributed by atoms with E-state index in [1.165, 1.54) is 122 Å². The summed E-state index contributed by atoms with van der Waals surface area (Å²) in [6.45, 7) is 0. The Morgan fingerprint density at radius 1 is 0.407 bits per heavy atom. The molecule has 4 heteroatoms. The summed E-state index contributed by atoms with van der Waals surface area (Å²) in [7, 11) is 8.84. The molecule has 2 aliphatic heterocycles. The molecule has 12 rings (SSSR count). The van der Waals surface area contributed by atoms with Gasteiger partial charge in [-0.1, -0.05) is 72.8 Å². The van der Waals surface area contributed by atoms with E-state index < -0.39 is 0 Å². The van der Waals surface area contributed by atoms with Crippen LogP contribution in [0.15, 0.2) is 139 Å². The molecule has 0 saturated heterocycles. The van der Waals surface area contributed by atoms with Crippen LogP contribution in [-0.2, 0) is 14.1 Å². The van der Waals surface area contributed by atoms with E-state index in [0.29, 0.717) is 0 Å². The molecule has 7 aromatic carbocycles. The molecule has 4 heterocycles. The number of nitrogens with zero attached hydrogens (tertiary/aromatic N) is 4. The summed E-state index contributed by atoms with van der Waals surface area (Å²) in [6.07, 6.45) is 4.51. The fourth-order valence-electron chi connectivity index (χ4n) is 10.2. The van der Waals surface area contributed by atoms with E-state index in [2.05, 4.69) is 181 Å². The Balaban J connectivity index is 0.969. The number of anilines is 3. The number of hydrogen-bond acceptors (Lipinski definition) is 2. The molecular weight excluding hydrogens is 657 g/mol. The number of hydrogen-bond donors (Lipinski definition) is 0. The highest BCUT2D eigenvalue weighted by molar-refractivity contribution is 6.21. The molecule has 9 aromatic rings. The molecule has 258 valence electrons. The summed E-state index contributed by atoms with van der Waals surface area (Å²) in [5.74, 6) is 0. The molecule has 0 bridgehead atoms. The topological polar surface area (TPSA) is 16.3 Å². The molecule has 0 saturated carbocycles. The largest absolute Gasteiger partial charge is 0.344 e. The second kappa shape index (κ2) is 10.5. The molecule has 2 aromatic heterocycles. The van der Waals surface area contributed by atoms with E-state index in [1.54, 1.807) is 0 Å². The second-order valence-corrected chi connectivity index (χ2v) is 15.5. The molecular formula is C50H38N4. The maximum absolute atomic E-state index is 2.46. The average Bonchev–Trinajstić information content (AvgIpc) is 3.68. The van der Waals surface area contributed by atoms with Gasteiger partial charge in [-0.25, -0.2) is 0 Å². The van der Waals surface area contributed by atoms with Crippen molar-refractivity contribution in [3.05, 3.63) is 150 Å². The van der Waals surface area contributed by atoms with Crippen molar-refractivity contribution in [3.8, 4) is 22.3 Å². The normalized spacial score (nSPS) is 14.9. The second-order valence-electron chi connectivity index (χ2n) is 15.5. The molecule has 0 radical (unpaired) electrons. The SMILES string of the molecule is CN1C2=C(CCC(c3ccc4c(c3)c3ccccc3n4C)=C2)c2ccc3c4c(ccc1c24)N(C)c1cc(-c2ccc4c(c2)c2ccccc2n4C)ccc1-3. The third-order valence-corrected chi connectivity index (χ3v) is 13.0. The first-order valence-electron chi connectivity index (χ1n) is 19.1. The van der Waals surface area contributed by atoms with Crippen LogP contribution in [-0.4, -0.2) is 23.2 Å². The molecule has 0 fully saturated rings. The van der Waals surface area contributed by atoms with Gasteiger partial charge in [0.25, 0.3) is 0 Å². The van der Waals surface area contributed by atoms with Crippen LogP contribution >= 0.6 is 0 Å². The van der Waals surface area contributed by atoms with Gasteiger partial charge in [-0.05, 0) is 112 Å². The van der Waals surface area contributed by atoms with E-state index in [4.69, 9.17) is 0 Å². The van der Waals surface area contributed by atoms with Crippen molar-refractivity contribution in [2.24, 2.45) is 14.1 Å². The van der Waals surface area contributed by atoms with Crippen molar-refractivity contribution >= 4 is 82.6 Å². The van der Waals surface area contributed by atoms with Crippen molar-refractivity contribution in [2.45, 2.75) is 12.8 Å². The van der Waals surface area contributed by atoms with Crippen molar-refractivity contribution in [3.63, 3.8) is 0 Å². The number of allylic oxidation sites excluding steroid dienone is 3. The van der Waals surface area contributed by atoms with Crippen LogP contribution in [0.3, 0.4) is 0 Å². The number of aryl methyl sites for hydroxylation is 2. The minimum Gasteiger partial charge on any atom is -0.344 e. The predicted molar refractivity (Wildman–Crippen MR) is 230 cm³/mol. The van der Waals surface area contributed by atoms with Crippen LogP contribution in [0.1, 0.15) is 24.0 Å². The Hall–Kier alpha value is -6.52. The monoisotopic (exact) mass is 694 g/mol. The molecule has 4 nitrogen and oxygen atoms in total. The summed E-state index contributed by atoms with van der Waals surface area (Å²) >= 11 is 0. The Morgan fingerprint density at radius 2 is 0.944 bits per heavy atom. The lowest BCUT2D eigenvalue weighted by atomic mass is 9.80. The first-order chi connectivity index (χ1) is 26.4. The minimum absolute atomic E-state index is 1.02. The molecule has 0 spiro atoms. The zero-order valence-corrected chi connectivity index (χ0v) is 30.9. The highest BCUT2D eigenvalue weighted by Crippen LogP contribution is 2.55. The van der Waals surface area contributed by atoms with Crippen molar-refractivity contribution in [2.75, 3.05) is 23.9 Å². The van der Waals surface area contributed by atoms with Gasteiger partial charge in [0.1, 0.15) is 0 Å². The number of benzene rings is 7. The van der Waals surface area contributed by atoms with Crippen LogP contribution in [0.2, 0.25) is 0 Å². The maximum Gasteiger partial charge on any atom is 0.0496 e. The van der Waals surface area contributed by atoms with E-state index in [-0.39, 0.29) is 0 Å². The van der Waals surface area contributed by atoms with Gasteiger partial charge in [0.2, 0.25) is 0 Å². The summed E-state index contributed by atoms with van der Waals surface area (Å²) in [4.78, 5) is 4.86. The van der Waals surface area contributed by atoms with Gasteiger partial charge in [-0.15, -0.1) is 0 Å². The Bertz CT molecular complexity index is 3220. The number of fused-ring (bicyclic) bond motifs is 9. The summed E-state index contributed by atoms with van der Waals surface area (Å²) in [5, 5.41) is 7.99. The smallest absolute Gasteiger partial charge is 0.0496 e. The minimum atomic E-state index is 1.02. The molecule has 54 heavy (non-hydrogen) atoms. The van der Waals surface area contributed by atoms with Gasteiger partial charge in [-0.3, -0.25) is 0 Å². The quantitative estimate of drug-likeness (QED) is 0.179. The Kier molecular flexibility index (Phi) is 5.86. The van der Waals surface area contributed by atoms with E-state index in [9.17, 15) is 0 Å². The van der Waals surface area contributed by atoms with Crippen LogP contribution in [0.5, 0.6) is 0 Å². The highest BCUT2D eigenvalue weighted by Gasteiger charge is 2.32. The third kappa shape index (κ3) is 3.82. The molecule has 1 aliphatic carbocycles. The van der Waals surface area contributed by atoms with Crippen LogP contribution in [0, 0.1) is 0 Å². The van der Waals surface area contributed by atoms with Gasteiger partial charge in [0.05, 0.1) is 0 Å². The fourth-order valence-corrected chi connectivity index (χ4v) is 10.2. The molecule has 0 N–H and O–H groups in total.